The van der Waals surface area contributed by atoms with Crippen molar-refractivity contribution >= 4 is 40.3 Å². The first-order chi connectivity index (χ1) is 12.3. The van der Waals surface area contributed by atoms with Crippen molar-refractivity contribution < 1.29 is 13.2 Å². The smallest absolute Gasteiger partial charge is 0.393 e. The van der Waals surface area contributed by atoms with E-state index in [0.29, 0.717) is 11.5 Å². The van der Waals surface area contributed by atoms with Crippen molar-refractivity contribution in [2.45, 2.75) is 6.18 Å². The monoisotopic (exact) mass is 380 g/mol. The van der Waals surface area contributed by atoms with E-state index in [1.807, 2.05) is 0 Å². The van der Waals surface area contributed by atoms with Crippen molar-refractivity contribution in [2.24, 2.45) is 0 Å². The maximum absolute atomic E-state index is 13.0. The molecule has 0 saturated heterocycles. The second kappa shape index (κ2) is 7.04. The fourth-order valence-corrected chi connectivity index (χ4v) is 2.35. The first kappa shape index (κ1) is 17.7. The number of anilines is 5. The van der Waals surface area contributed by atoms with E-state index < -0.39 is 16.8 Å². The zero-order chi connectivity index (χ0) is 18.7. The van der Waals surface area contributed by atoms with Crippen LogP contribution in [0.15, 0.2) is 49.1 Å². The summed E-state index contributed by atoms with van der Waals surface area (Å²) in [7, 11) is 0. The number of alkyl halides is 3. The van der Waals surface area contributed by atoms with Crippen molar-refractivity contribution in [1.29, 1.82) is 0 Å². The minimum atomic E-state index is -4.57. The second-order valence-electron chi connectivity index (χ2n) is 5.17. The Kier molecular flexibility index (Phi) is 4.81. The van der Waals surface area contributed by atoms with Crippen LogP contribution in [0.2, 0.25) is 5.02 Å². The van der Waals surface area contributed by atoms with Gasteiger partial charge in [0.1, 0.15) is 12.0 Å². The molecule has 1 aromatic carbocycles. The van der Waals surface area contributed by atoms with E-state index in [1.165, 1.54) is 12.4 Å². The fraction of sp³-hybridized carbons (Fsp3) is 0.0625. The molecule has 6 nitrogen and oxygen atoms in total. The Morgan fingerprint density at radius 2 is 1.69 bits per heavy atom. The summed E-state index contributed by atoms with van der Waals surface area (Å²) >= 11 is 5.62. The van der Waals surface area contributed by atoms with Crippen LogP contribution in [0.1, 0.15) is 5.56 Å². The first-order valence-electron chi connectivity index (χ1n) is 7.26. The number of pyridine rings is 1. The number of nitrogens with two attached hydrogens (primary N) is 1. The molecule has 0 saturated carbocycles. The van der Waals surface area contributed by atoms with E-state index in [-0.39, 0.29) is 17.2 Å². The van der Waals surface area contributed by atoms with Crippen LogP contribution >= 0.6 is 11.6 Å². The maximum atomic E-state index is 13.0. The molecule has 2 heterocycles. The Labute approximate surface area is 151 Å². The molecular formula is C16H12ClF3N6. The standard InChI is InChI=1S/C16H12ClF3N6/c17-12-4-3-9(6-11(12)16(18,19)20)25-14-13(21)15(24-8-23-14)26-10-2-1-5-22-7-10/h1-8H,21H2,(H2,23,24,25,26). The number of halogens is 4. The zero-order valence-corrected chi connectivity index (χ0v) is 13.8. The topological polar surface area (TPSA) is 88.8 Å². The fourth-order valence-electron chi connectivity index (χ4n) is 2.13. The molecule has 0 aliphatic carbocycles. The molecule has 0 aliphatic rings. The maximum Gasteiger partial charge on any atom is 0.417 e. The molecule has 0 spiro atoms. The molecule has 0 radical (unpaired) electrons. The molecule has 0 aliphatic heterocycles. The first-order valence-corrected chi connectivity index (χ1v) is 7.63. The Morgan fingerprint density at radius 1 is 1.00 bits per heavy atom. The molecule has 134 valence electrons. The number of hydrogen-bond donors (Lipinski definition) is 3. The van der Waals surface area contributed by atoms with Crippen molar-refractivity contribution in [3.8, 4) is 0 Å². The second-order valence-corrected chi connectivity index (χ2v) is 5.58. The molecule has 0 unspecified atom stereocenters. The quantitative estimate of drug-likeness (QED) is 0.612. The number of aromatic nitrogens is 3. The van der Waals surface area contributed by atoms with Crippen LogP contribution in [-0.2, 0) is 6.18 Å². The van der Waals surface area contributed by atoms with Crippen LogP contribution in [0.25, 0.3) is 0 Å². The Hall–Kier alpha value is -3.07. The highest BCUT2D eigenvalue weighted by Crippen LogP contribution is 2.37. The van der Waals surface area contributed by atoms with Crippen molar-refractivity contribution in [1.82, 2.24) is 15.0 Å². The highest BCUT2D eigenvalue weighted by Gasteiger charge is 2.33. The van der Waals surface area contributed by atoms with Gasteiger partial charge in [-0.25, -0.2) is 9.97 Å². The summed E-state index contributed by atoms with van der Waals surface area (Å²) in [6.07, 6.45) is -0.152. The lowest BCUT2D eigenvalue weighted by atomic mass is 10.2. The van der Waals surface area contributed by atoms with Gasteiger partial charge in [0.05, 0.1) is 22.5 Å². The van der Waals surface area contributed by atoms with Gasteiger partial charge in [-0.3, -0.25) is 4.98 Å². The number of benzene rings is 1. The number of nitrogens with zero attached hydrogens (tertiary/aromatic N) is 3. The summed E-state index contributed by atoms with van der Waals surface area (Å²) in [4.78, 5) is 12.0. The van der Waals surface area contributed by atoms with Gasteiger partial charge in [0.25, 0.3) is 0 Å². The highest BCUT2D eigenvalue weighted by atomic mass is 35.5. The van der Waals surface area contributed by atoms with Gasteiger partial charge in [-0.2, -0.15) is 13.2 Å². The summed E-state index contributed by atoms with van der Waals surface area (Å²) < 4.78 is 38.9. The zero-order valence-electron chi connectivity index (χ0n) is 13.0. The molecular weight excluding hydrogens is 369 g/mol. The molecule has 3 aromatic rings. The summed E-state index contributed by atoms with van der Waals surface area (Å²) in [6.45, 7) is 0. The Balaban J connectivity index is 1.88. The molecule has 3 rings (SSSR count). The van der Waals surface area contributed by atoms with Gasteiger partial charge in [0, 0.05) is 11.9 Å². The third kappa shape index (κ3) is 3.94. The molecule has 0 amide bonds. The van der Waals surface area contributed by atoms with Crippen LogP contribution < -0.4 is 16.4 Å². The van der Waals surface area contributed by atoms with Crippen molar-refractivity contribution in [3.05, 3.63) is 59.6 Å². The summed E-state index contributed by atoms with van der Waals surface area (Å²) in [5, 5.41) is 5.32. The lowest BCUT2D eigenvalue weighted by Crippen LogP contribution is -2.08. The summed E-state index contributed by atoms with van der Waals surface area (Å²) in [5.41, 5.74) is 5.99. The third-order valence-electron chi connectivity index (χ3n) is 3.34. The van der Waals surface area contributed by atoms with Crippen LogP contribution in [-0.4, -0.2) is 15.0 Å². The third-order valence-corrected chi connectivity index (χ3v) is 3.67. The van der Waals surface area contributed by atoms with E-state index in [4.69, 9.17) is 17.3 Å². The predicted molar refractivity (Wildman–Crippen MR) is 93.7 cm³/mol. The average molecular weight is 381 g/mol. The minimum Gasteiger partial charge on any atom is -0.393 e. The number of nitrogens with one attached hydrogen (secondary N) is 2. The van der Waals surface area contributed by atoms with Crippen molar-refractivity contribution in [2.75, 3.05) is 16.4 Å². The van der Waals surface area contributed by atoms with Gasteiger partial charge in [-0.1, -0.05) is 11.6 Å². The molecule has 0 bridgehead atoms. The van der Waals surface area contributed by atoms with Crippen LogP contribution in [0, 0.1) is 0 Å². The molecule has 10 heteroatoms. The Bertz CT molecular complexity index is 918. The summed E-state index contributed by atoms with van der Waals surface area (Å²) in [6, 6.07) is 6.92. The lowest BCUT2D eigenvalue weighted by Gasteiger charge is -2.14. The SMILES string of the molecule is Nc1c(Nc2cccnc2)ncnc1Nc1ccc(Cl)c(C(F)(F)F)c1. The van der Waals surface area contributed by atoms with Crippen molar-refractivity contribution in [3.63, 3.8) is 0 Å². The molecule has 0 atom stereocenters. The van der Waals surface area contributed by atoms with Gasteiger partial charge in [0.2, 0.25) is 0 Å². The van der Waals surface area contributed by atoms with Gasteiger partial charge < -0.3 is 16.4 Å². The molecule has 4 N–H and O–H groups in total. The van der Waals surface area contributed by atoms with E-state index in [9.17, 15) is 13.2 Å². The number of rotatable bonds is 4. The van der Waals surface area contributed by atoms with Crippen LogP contribution in [0.5, 0.6) is 0 Å². The van der Waals surface area contributed by atoms with E-state index in [2.05, 4.69) is 25.6 Å². The van der Waals surface area contributed by atoms with Crippen LogP contribution in [0.3, 0.4) is 0 Å². The normalized spacial score (nSPS) is 11.2. The van der Waals surface area contributed by atoms with Gasteiger partial charge in [-0.15, -0.1) is 0 Å². The summed E-state index contributed by atoms with van der Waals surface area (Å²) in [5.74, 6) is 0.447. The van der Waals surface area contributed by atoms with Gasteiger partial charge >= 0.3 is 6.18 Å². The Morgan fingerprint density at radius 3 is 2.31 bits per heavy atom. The van der Waals surface area contributed by atoms with E-state index in [1.54, 1.807) is 24.5 Å². The lowest BCUT2D eigenvalue weighted by molar-refractivity contribution is -0.137. The molecule has 0 fully saturated rings. The molecule has 26 heavy (non-hydrogen) atoms. The van der Waals surface area contributed by atoms with Crippen LogP contribution in [0.4, 0.5) is 41.9 Å². The average Bonchev–Trinajstić information content (AvgIpc) is 2.60. The highest BCUT2D eigenvalue weighted by molar-refractivity contribution is 6.31. The van der Waals surface area contributed by atoms with Gasteiger partial charge in [-0.05, 0) is 30.3 Å². The van der Waals surface area contributed by atoms with E-state index >= 15 is 0 Å². The predicted octanol–water partition coefficient (Wildman–Crippen LogP) is 4.61. The van der Waals surface area contributed by atoms with Gasteiger partial charge in [0.15, 0.2) is 11.6 Å². The number of nitrogen functional groups attached to an aromatic ring is 1. The van der Waals surface area contributed by atoms with E-state index in [0.717, 1.165) is 12.1 Å². The largest absolute Gasteiger partial charge is 0.417 e. The minimum absolute atomic E-state index is 0.138. The number of hydrogen-bond acceptors (Lipinski definition) is 6. The molecule has 2 aromatic heterocycles.